The summed E-state index contributed by atoms with van der Waals surface area (Å²) in [5.41, 5.74) is 2.34. The van der Waals surface area contributed by atoms with Crippen LogP contribution >= 0.6 is 0 Å². The predicted octanol–water partition coefficient (Wildman–Crippen LogP) is 2.03. The maximum atomic E-state index is 4.49. The van der Waals surface area contributed by atoms with E-state index in [2.05, 4.69) is 44.3 Å². The van der Waals surface area contributed by atoms with Crippen molar-refractivity contribution < 1.29 is 0 Å². The van der Waals surface area contributed by atoms with Crippen molar-refractivity contribution in [2.45, 2.75) is 40.3 Å². The van der Waals surface area contributed by atoms with Crippen LogP contribution in [0.4, 0.5) is 0 Å². The minimum Gasteiger partial charge on any atom is -0.335 e. The Balaban J connectivity index is 1.69. The normalized spacial score (nSPS) is 11.4. The zero-order valence-electron chi connectivity index (χ0n) is 13.0. The van der Waals surface area contributed by atoms with E-state index in [1.807, 2.05) is 26.2 Å². The second-order valence-electron chi connectivity index (χ2n) is 5.47. The summed E-state index contributed by atoms with van der Waals surface area (Å²) in [6, 6.07) is 2.13. The van der Waals surface area contributed by atoms with Gasteiger partial charge >= 0.3 is 0 Å². The van der Waals surface area contributed by atoms with Gasteiger partial charge < -0.3 is 9.47 Å². The van der Waals surface area contributed by atoms with E-state index in [0.29, 0.717) is 0 Å². The molecule has 2 aromatic rings. The molecule has 20 heavy (non-hydrogen) atoms. The molecule has 0 aliphatic rings. The SMILES string of the molecule is Cc1cc(C)n(CCN(C)CCCn2ccnc2C)n1. The third-order valence-electron chi connectivity index (χ3n) is 3.66. The fourth-order valence-electron chi connectivity index (χ4n) is 2.43. The highest BCUT2D eigenvalue weighted by Crippen LogP contribution is 2.02. The molecule has 0 atom stereocenters. The molecule has 0 saturated carbocycles. The predicted molar refractivity (Wildman–Crippen MR) is 80.8 cm³/mol. The van der Waals surface area contributed by atoms with Gasteiger partial charge in [-0.3, -0.25) is 4.68 Å². The van der Waals surface area contributed by atoms with E-state index in [-0.39, 0.29) is 0 Å². The first-order valence-electron chi connectivity index (χ1n) is 7.23. The highest BCUT2D eigenvalue weighted by molar-refractivity contribution is 5.06. The Kier molecular flexibility index (Phi) is 4.95. The van der Waals surface area contributed by atoms with E-state index in [9.17, 15) is 0 Å². The Labute approximate surface area is 121 Å². The number of likely N-dealkylation sites (N-methyl/N-ethyl adjacent to an activating group) is 1. The lowest BCUT2D eigenvalue weighted by Gasteiger charge is -2.17. The van der Waals surface area contributed by atoms with Crippen LogP contribution in [0, 0.1) is 20.8 Å². The minimum atomic E-state index is 0.959. The van der Waals surface area contributed by atoms with Gasteiger partial charge in [0.2, 0.25) is 0 Å². The Morgan fingerprint density at radius 1 is 1.15 bits per heavy atom. The second-order valence-corrected chi connectivity index (χ2v) is 5.47. The molecule has 0 fully saturated rings. The van der Waals surface area contributed by atoms with Crippen molar-refractivity contribution in [2.24, 2.45) is 0 Å². The van der Waals surface area contributed by atoms with Crippen LogP contribution in [-0.4, -0.2) is 44.4 Å². The number of nitrogens with zero attached hydrogens (tertiary/aromatic N) is 5. The van der Waals surface area contributed by atoms with Crippen LogP contribution in [0.3, 0.4) is 0 Å². The lowest BCUT2D eigenvalue weighted by Crippen LogP contribution is -2.26. The molecule has 2 aromatic heterocycles. The molecular formula is C15H25N5. The van der Waals surface area contributed by atoms with E-state index >= 15 is 0 Å². The van der Waals surface area contributed by atoms with Crippen LogP contribution in [0.15, 0.2) is 18.5 Å². The van der Waals surface area contributed by atoms with Crippen molar-refractivity contribution in [1.29, 1.82) is 0 Å². The van der Waals surface area contributed by atoms with Crippen LogP contribution < -0.4 is 0 Å². The number of imidazole rings is 1. The fourth-order valence-corrected chi connectivity index (χ4v) is 2.43. The monoisotopic (exact) mass is 275 g/mol. The smallest absolute Gasteiger partial charge is 0.105 e. The molecule has 0 spiro atoms. The number of hydrogen-bond acceptors (Lipinski definition) is 3. The number of aromatic nitrogens is 4. The highest BCUT2D eigenvalue weighted by atomic mass is 15.3. The van der Waals surface area contributed by atoms with Gasteiger partial charge in [-0.2, -0.15) is 5.10 Å². The van der Waals surface area contributed by atoms with Gasteiger partial charge in [-0.15, -0.1) is 0 Å². The van der Waals surface area contributed by atoms with Crippen molar-refractivity contribution in [2.75, 3.05) is 20.1 Å². The summed E-state index contributed by atoms with van der Waals surface area (Å²) in [7, 11) is 2.17. The highest BCUT2D eigenvalue weighted by Gasteiger charge is 2.04. The quantitative estimate of drug-likeness (QED) is 0.776. The standard InChI is InChI=1S/C15H25N5/c1-13-12-14(2)20(17-13)11-10-18(4)7-5-8-19-9-6-16-15(19)3/h6,9,12H,5,7-8,10-11H2,1-4H3. The van der Waals surface area contributed by atoms with Crippen LogP contribution in [0.2, 0.25) is 0 Å². The topological polar surface area (TPSA) is 38.9 Å². The molecule has 0 aliphatic carbocycles. The second kappa shape index (κ2) is 6.70. The molecule has 0 aliphatic heterocycles. The Hall–Kier alpha value is -1.62. The summed E-state index contributed by atoms with van der Waals surface area (Å²) < 4.78 is 4.29. The largest absolute Gasteiger partial charge is 0.335 e. The van der Waals surface area contributed by atoms with Gasteiger partial charge in [-0.05, 0) is 46.9 Å². The van der Waals surface area contributed by atoms with Crippen LogP contribution in [-0.2, 0) is 13.1 Å². The average molecular weight is 275 g/mol. The van der Waals surface area contributed by atoms with Gasteiger partial charge in [-0.1, -0.05) is 0 Å². The van der Waals surface area contributed by atoms with Crippen molar-refractivity contribution in [3.63, 3.8) is 0 Å². The Morgan fingerprint density at radius 3 is 2.55 bits per heavy atom. The minimum absolute atomic E-state index is 0.959. The summed E-state index contributed by atoms with van der Waals surface area (Å²) in [6.45, 7) is 10.3. The summed E-state index contributed by atoms with van der Waals surface area (Å²) in [5.74, 6) is 1.09. The molecule has 0 N–H and O–H groups in total. The third kappa shape index (κ3) is 3.93. The molecule has 110 valence electrons. The van der Waals surface area contributed by atoms with E-state index in [0.717, 1.165) is 44.1 Å². The zero-order chi connectivity index (χ0) is 14.5. The van der Waals surface area contributed by atoms with Gasteiger partial charge in [0.1, 0.15) is 5.82 Å². The summed E-state index contributed by atoms with van der Waals surface area (Å²) >= 11 is 0. The van der Waals surface area contributed by atoms with Gasteiger partial charge in [0.25, 0.3) is 0 Å². The maximum absolute atomic E-state index is 4.49. The molecule has 5 nitrogen and oxygen atoms in total. The van der Waals surface area contributed by atoms with E-state index in [1.165, 1.54) is 5.69 Å². The molecule has 0 aromatic carbocycles. The molecule has 2 rings (SSSR count). The third-order valence-corrected chi connectivity index (χ3v) is 3.66. The fraction of sp³-hybridized carbons (Fsp3) is 0.600. The van der Waals surface area contributed by atoms with Crippen molar-refractivity contribution in [1.82, 2.24) is 24.2 Å². The van der Waals surface area contributed by atoms with Crippen molar-refractivity contribution >= 4 is 0 Å². The van der Waals surface area contributed by atoms with Gasteiger partial charge in [0.15, 0.2) is 0 Å². The first-order chi connectivity index (χ1) is 9.56. The van der Waals surface area contributed by atoms with Crippen LogP contribution in [0.25, 0.3) is 0 Å². The molecule has 0 amide bonds. The summed E-state index contributed by atoms with van der Waals surface area (Å²) in [5, 5.41) is 4.49. The summed E-state index contributed by atoms with van der Waals surface area (Å²) in [4.78, 5) is 6.60. The number of rotatable bonds is 7. The zero-order valence-corrected chi connectivity index (χ0v) is 13.0. The first kappa shape index (κ1) is 14.8. The number of aryl methyl sites for hydroxylation is 4. The molecule has 0 unspecified atom stereocenters. The average Bonchev–Trinajstić information content (AvgIpc) is 2.93. The van der Waals surface area contributed by atoms with Gasteiger partial charge in [-0.25, -0.2) is 4.98 Å². The van der Waals surface area contributed by atoms with E-state index in [1.54, 1.807) is 0 Å². The lowest BCUT2D eigenvalue weighted by molar-refractivity contribution is 0.300. The Bertz CT molecular complexity index is 540. The summed E-state index contributed by atoms with van der Waals surface area (Å²) in [6.07, 6.45) is 5.05. The lowest BCUT2D eigenvalue weighted by atomic mass is 10.3. The van der Waals surface area contributed by atoms with Crippen LogP contribution in [0.5, 0.6) is 0 Å². The molecule has 2 heterocycles. The van der Waals surface area contributed by atoms with Crippen molar-refractivity contribution in [3.05, 3.63) is 35.7 Å². The molecule has 0 bridgehead atoms. The molecular weight excluding hydrogens is 250 g/mol. The first-order valence-corrected chi connectivity index (χ1v) is 7.23. The number of hydrogen-bond donors (Lipinski definition) is 0. The van der Waals surface area contributed by atoms with Gasteiger partial charge in [0, 0.05) is 31.2 Å². The van der Waals surface area contributed by atoms with Crippen LogP contribution in [0.1, 0.15) is 23.6 Å². The Morgan fingerprint density at radius 2 is 1.95 bits per heavy atom. The maximum Gasteiger partial charge on any atom is 0.105 e. The molecule has 0 saturated heterocycles. The van der Waals surface area contributed by atoms with E-state index in [4.69, 9.17) is 0 Å². The van der Waals surface area contributed by atoms with Gasteiger partial charge in [0.05, 0.1) is 12.2 Å². The van der Waals surface area contributed by atoms with Crippen molar-refractivity contribution in [3.8, 4) is 0 Å². The molecule has 0 radical (unpaired) electrons. The molecule has 5 heteroatoms. The van der Waals surface area contributed by atoms with E-state index < -0.39 is 0 Å².